The SMILES string of the molecule is COc1cc(-c2n[nH]c3c2CCCc2cc(N4CC(CNC(C)=O)OC4=O)ccc2-3)ccn1. The van der Waals surface area contributed by atoms with Gasteiger partial charge in [-0.25, -0.2) is 9.78 Å². The first kappa shape index (κ1) is 21.0. The minimum atomic E-state index is -0.393. The number of rotatable bonds is 5. The maximum Gasteiger partial charge on any atom is 0.414 e. The molecule has 0 radical (unpaired) electrons. The van der Waals surface area contributed by atoms with E-state index in [1.807, 2.05) is 24.3 Å². The molecule has 0 spiro atoms. The molecular formula is C24H25N5O4. The number of carbonyl (C=O) groups is 2. The lowest BCUT2D eigenvalue weighted by Crippen LogP contribution is -2.33. The number of methoxy groups -OCH3 is 1. The molecule has 33 heavy (non-hydrogen) atoms. The number of benzene rings is 1. The Morgan fingerprint density at radius 1 is 1.30 bits per heavy atom. The van der Waals surface area contributed by atoms with Gasteiger partial charge < -0.3 is 14.8 Å². The minimum Gasteiger partial charge on any atom is -0.481 e. The number of hydrogen-bond acceptors (Lipinski definition) is 6. The monoisotopic (exact) mass is 447 g/mol. The lowest BCUT2D eigenvalue weighted by molar-refractivity contribution is -0.119. The highest BCUT2D eigenvalue weighted by atomic mass is 16.6. The molecule has 3 heterocycles. The first-order valence-corrected chi connectivity index (χ1v) is 11.0. The van der Waals surface area contributed by atoms with Gasteiger partial charge >= 0.3 is 6.09 Å². The highest BCUT2D eigenvalue weighted by Gasteiger charge is 2.33. The second-order valence-electron chi connectivity index (χ2n) is 8.26. The van der Waals surface area contributed by atoms with Crippen LogP contribution in [0, 0.1) is 0 Å². The lowest BCUT2D eigenvalue weighted by atomic mass is 9.99. The number of hydrogen-bond donors (Lipinski definition) is 2. The zero-order chi connectivity index (χ0) is 22.9. The van der Waals surface area contributed by atoms with Gasteiger partial charge in [0.2, 0.25) is 11.8 Å². The topological polar surface area (TPSA) is 109 Å². The van der Waals surface area contributed by atoms with Gasteiger partial charge in [0.25, 0.3) is 0 Å². The number of H-pyrrole nitrogens is 1. The van der Waals surface area contributed by atoms with Crippen LogP contribution in [0.5, 0.6) is 5.88 Å². The fourth-order valence-electron chi connectivity index (χ4n) is 4.49. The normalized spacial score (nSPS) is 17.1. The van der Waals surface area contributed by atoms with E-state index in [0.29, 0.717) is 19.0 Å². The standard InChI is InChI=1S/C24H25N5O4/c1-14(30)26-12-18-13-29(24(31)33-18)17-6-7-19-15(10-17)4-3-5-20-22(27-28-23(19)20)16-8-9-25-21(11-16)32-2/h6-11,18H,3-5,12-13H2,1-2H3,(H,26,30)(H,27,28). The lowest BCUT2D eigenvalue weighted by Gasteiger charge is -2.16. The van der Waals surface area contributed by atoms with E-state index in [1.165, 1.54) is 12.5 Å². The zero-order valence-corrected chi connectivity index (χ0v) is 18.6. The number of fused-ring (bicyclic) bond motifs is 3. The number of aryl methyl sites for hydroxylation is 1. The molecule has 2 N–H and O–H groups in total. The van der Waals surface area contributed by atoms with Crippen molar-refractivity contribution in [1.82, 2.24) is 20.5 Å². The molecule has 2 aliphatic rings. The number of cyclic esters (lactones) is 1. The van der Waals surface area contributed by atoms with Crippen molar-refractivity contribution in [2.24, 2.45) is 0 Å². The van der Waals surface area contributed by atoms with Crippen LogP contribution in [0.3, 0.4) is 0 Å². The second kappa shape index (κ2) is 8.57. The number of aromatic nitrogens is 3. The fraction of sp³-hybridized carbons (Fsp3) is 0.333. The smallest absolute Gasteiger partial charge is 0.414 e. The van der Waals surface area contributed by atoms with E-state index in [2.05, 4.69) is 26.6 Å². The van der Waals surface area contributed by atoms with Gasteiger partial charge in [-0.1, -0.05) is 6.07 Å². The Balaban J connectivity index is 1.44. The summed E-state index contributed by atoms with van der Waals surface area (Å²) < 4.78 is 10.7. The minimum absolute atomic E-state index is 0.144. The van der Waals surface area contributed by atoms with Crippen molar-refractivity contribution in [2.75, 3.05) is 25.1 Å². The summed E-state index contributed by atoms with van der Waals surface area (Å²) in [5.74, 6) is 0.409. The highest BCUT2D eigenvalue weighted by Crippen LogP contribution is 2.38. The molecule has 1 aliphatic heterocycles. The van der Waals surface area contributed by atoms with Crippen molar-refractivity contribution in [3.05, 3.63) is 47.7 Å². The van der Waals surface area contributed by atoms with Crippen LogP contribution in [0.1, 0.15) is 24.5 Å². The summed E-state index contributed by atoms with van der Waals surface area (Å²) in [6, 6.07) is 9.86. The van der Waals surface area contributed by atoms with E-state index >= 15 is 0 Å². The molecule has 1 saturated heterocycles. The quantitative estimate of drug-likeness (QED) is 0.622. The van der Waals surface area contributed by atoms with Crippen LogP contribution >= 0.6 is 0 Å². The number of anilines is 1. The van der Waals surface area contributed by atoms with Gasteiger partial charge in [0.05, 0.1) is 31.6 Å². The van der Waals surface area contributed by atoms with Crippen molar-refractivity contribution in [2.45, 2.75) is 32.3 Å². The van der Waals surface area contributed by atoms with E-state index in [-0.39, 0.29) is 12.0 Å². The molecule has 2 aromatic heterocycles. The van der Waals surface area contributed by atoms with Crippen molar-refractivity contribution in [3.63, 3.8) is 0 Å². The van der Waals surface area contributed by atoms with Crippen LogP contribution in [0.15, 0.2) is 36.5 Å². The van der Waals surface area contributed by atoms with Crippen LogP contribution in [0.4, 0.5) is 10.5 Å². The molecule has 0 bridgehead atoms. The average molecular weight is 447 g/mol. The molecule has 1 fully saturated rings. The molecule has 3 aromatic rings. The molecular weight excluding hydrogens is 422 g/mol. The maximum absolute atomic E-state index is 12.4. The summed E-state index contributed by atoms with van der Waals surface area (Å²) in [6.45, 7) is 2.16. The molecule has 0 saturated carbocycles. The first-order valence-electron chi connectivity index (χ1n) is 11.0. The molecule has 1 aromatic carbocycles. The van der Waals surface area contributed by atoms with Gasteiger partial charge in [0, 0.05) is 41.6 Å². The van der Waals surface area contributed by atoms with Crippen LogP contribution in [-0.2, 0) is 22.4 Å². The van der Waals surface area contributed by atoms with E-state index < -0.39 is 6.09 Å². The molecule has 5 rings (SSSR count). The number of carbonyl (C=O) groups excluding carboxylic acids is 2. The largest absolute Gasteiger partial charge is 0.481 e. The maximum atomic E-state index is 12.4. The fourth-order valence-corrected chi connectivity index (χ4v) is 4.49. The zero-order valence-electron chi connectivity index (χ0n) is 18.6. The Hall–Kier alpha value is -3.88. The molecule has 9 nitrogen and oxygen atoms in total. The number of nitrogens with zero attached hydrogens (tertiary/aromatic N) is 3. The Morgan fingerprint density at radius 2 is 2.18 bits per heavy atom. The van der Waals surface area contributed by atoms with Gasteiger partial charge in [-0.2, -0.15) is 5.10 Å². The summed E-state index contributed by atoms with van der Waals surface area (Å²) in [4.78, 5) is 29.4. The molecule has 1 unspecified atom stereocenters. The number of aromatic amines is 1. The van der Waals surface area contributed by atoms with Gasteiger partial charge in [0.15, 0.2) is 0 Å². The van der Waals surface area contributed by atoms with E-state index in [0.717, 1.165) is 53.0 Å². The second-order valence-corrected chi connectivity index (χ2v) is 8.26. The molecule has 1 aliphatic carbocycles. The average Bonchev–Trinajstić information content (AvgIpc) is 3.36. The van der Waals surface area contributed by atoms with Gasteiger partial charge in [-0.3, -0.25) is 14.8 Å². The highest BCUT2D eigenvalue weighted by molar-refractivity contribution is 5.91. The van der Waals surface area contributed by atoms with Crippen molar-refractivity contribution < 1.29 is 19.1 Å². The third-order valence-electron chi connectivity index (χ3n) is 6.08. The first-order chi connectivity index (χ1) is 16.0. The van der Waals surface area contributed by atoms with Crippen molar-refractivity contribution in [1.29, 1.82) is 0 Å². The Bertz CT molecular complexity index is 1220. The Kier molecular flexibility index (Phi) is 5.45. The summed E-state index contributed by atoms with van der Waals surface area (Å²) in [5, 5.41) is 10.6. The van der Waals surface area contributed by atoms with Crippen LogP contribution in [-0.4, -0.2) is 53.5 Å². The molecule has 9 heteroatoms. The number of pyridine rings is 1. The van der Waals surface area contributed by atoms with Gasteiger partial charge in [0.1, 0.15) is 6.10 Å². The van der Waals surface area contributed by atoms with Gasteiger partial charge in [-0.05, 0) is 43.0 Å². The van der Waals surface area contributed by atoms with E-state index in [4.69, 9.17) is 9.47 Å². The predicted molar refractivity (Wildman–Crippen MR) is 122 cm³/mol. The predicted octanol–water partition coefficient (Wildman–Crippen LogP) is 3.10. The third kappa shape index (κ3) is 4.02. The Labute approximate surface area is 191 Å². The van der Waals surface area contributed by atoms with E-state index in [9.17, 15) is 9.59 Å². The summed E-state index contributed by atoms with van der Waals surface area (Å²) in [7, 11) is 1.60. The summed E-state index contributed by atoms with van der Waals surface area (Å²) in [6.07, 6.45) is 3.71. The Morgan fingerprint density at radius 3 is 3.00 bits per heavy atom. The van der Waals surface area contributed by atoms with Crippen LogP contribution in [0.25, 0.3) is 22.5 Å². The van der Waals surface area contributed by atoms with E-state index in [1.54, 1.807) is 18.2 Å². The van der Waals surface area contributed by atoms with Crippen LogP contribution in [0.2, 0.25) is 0 Å². The molecule has 2 amide bonds. The van der Waals surface area contributed by atoms with Crippen LogP contribution < -0.4 is 15.0 Å². The molecule has 1 atom stereocenters. The number of ether oxygens (including phenoxy) is 2. The third-order valence-corrected chi connectivity index (χ3v) is 6.08. The number of amides is 2. The van der Waals surface area contributed by atoms with Crippen molar-refractivity contribution in [3.8, 4) is 28.4 Å². The van der Waals surface area contributed by atoms with Crippen molar-refractivity contribution >= 4 is 17.7 Å². The summed E-state index contributed by atoms with van der Waals surface area (Å²) >= 11 is 0. The number of nitrogens with one attached hydrogen (secondary N) is 2. The summed E-state index contributed by atoms with van der Waals surface area (Å²) in [5.41, 5.74) is 7.10. The molecule has 170 valence electrons. The van der Waals surface area contributed by atoms with Gasteiger partial charge in [-0.15, -0.1) is 0 Å².